The lowest BCUT2D eigenvalue weighted by molar-refractivity contribution is -0.178. The molecule has 44 heavy (non-hydrogen) atoms. The van der Waals surface area contributed by atoms with Crippen molar-refractivity contribution in [1.29, 1.82) is 0 Å². The number of carbonyl (C=O) groups is 5. The van der Waals surface area contributed by atoms with Gasteiger partial charge in [-0.2, -0.15) is 0 Å². The summed E-state index contributed by atoms with van der Waals surface area (Å²) in [5.74, 6) is -0.498. The first-order valence-corrected chi connectivity index (χ1v) is 15.9. The van der Waals surface area contributed by atoms with Crippen molar-refractivity contribution < 1.29 is 38.6 Å². The first-order chi connectivity index (χ1) is 20.9. The number of nitrogens with one attached hydrogen (secondary N) is 1. The van der Waals surface area contributed by atoms with Crippen LogP contribution in [0, 0.1) is 34.5 Å². The van der Waals surface area contributed by atoms with Crippen LogP contribution in [0.1, 0.15) is 84.1 Å². The second-order valence-corrected chi connectivity index (χ2v) is 13.9. The van der Waals surface area contributed by atoms with Crippen LogP contribution in [0.25, 0.3) is 0 Å². The molecule has 9 nitrogen and oxygen atoms in total. The highest BCUT2D eigenvalue weighted by Crippen LogP contribution is 2.67. The number of benzene rings is 1. The average Bonchev–Trinajstić information content (AvgIpc) is 3.33. The number of hydrogen-bond donors (Lipinski definition) is 2. The van der Waals surface area contributed by atoms with E-state index in [0.29, 0.717) is 18.8 Å². The minimum absolute atomic E-state index is 0.0474. The van der Waals surface area contributed by atoms with E-state index in [1.807, 2.05) is 6.08 Å². The second-order valence-electron chi connectivity index (χ2n) is 13.9. The highest BCUT2D eigenvalue weighted by Gasteiger charge is 2.63. The van der Waals surface area contributed by atoms with Crippen LogP contribution < -0.4 is 5.32 Å². The Balaban J connectivity index is 1.29. The van der Waals surface area contributed by atoms with Gasteiger partial charge in [-0.15, -0.1) is 0 Å². The monoisotopic (exact) mass is 607 g/mol. The molecule has 0 aromatic heterocycles. The topological polar surface area (TPSA) is 136 Å². The van der Waals surface area contributed by atoms with Gasteiger partial charge in [0.15, 0.2) is 5.78 Å². The molecule has 3 unspecified atom stereocenters. The van der Waals surface area contributed by atoms with Crippen LogP contribution in [0.15, 0.2) is 35.9 Å². The van der Waals surface area contributed by atoms with E-state index in [1.165, 1.54) is 19.2 Å². The zero-order valence-electron chi connectivity index (χ0n) is 26.2. The summed E-state index contributed by atoms with van der Waals surface area (Å²) in [5.41, 5.74) is 1.37. The molecule has 2 N–H and O–H groups in total. The number of phenolic OH excluding ortho intramolecular Hbond substituents is 1. The predicted octanol–water partition coefficient (Wildman–Crippen LogP) is 4.63. The SMILES string of the molecule is COC(=O)[C@H](Cc1ccc(O)cc1)NC(=O)CCC(=O)O[C@@H]1C[C@@]2(C)C(CC[C@@H]2C(C)=O)C2CCC3=CC(=O)CC[C@]3(C)C21. The molecule has 0 bridgehead atoms. The molecular weight excluding hydrogens is 562 g/mol. The second kappa shape index (κ2) is 12.5. The summed E-state index contributed by atoms with van der Waals surface area (Å²) in [4.78, 5) is 63.7. The number of allylic oxidation sites excluding steroid dienone is 1. The molecule has 0 saturated heterocycles. The van der Waals surface area contributed by atoms with Crippen molar-refractivity contribution >= 4 is 29.4 Å². The van der Waals surface area contributed by atoms with Gasteiger partial charge < -0.3 is 19.9 Å². The summed E-state index contributed by atoms with van der Waals surface area (Å²) in [6, 6.07) is 5.37. The van der Waals surface area contributed by atoms with Crippen LogP contribution in [-0.4, -0.2) is 53.8 Å². The van der Waals surface area contributed by atoms with Gasteiger partial charge in [0.05, 0.1) is 13.5 Å². The Morgan fingerprint density at radius 1 is 1.05 bits per heavy atom. The number of ketones is 2. The third kappa shape index (κ3) is 6.07. The number of hydrogen-bond acceptors (Lipinski definition) is 8. The lowest BCUT2D eigenvalue weighted by atomic mass is 9.46. The molecule has 4 aliphatic rings. The average molecular weight is 608 g/mol. The van der Waals surface area contributed by atoms with E-state index in [-0.39, 0.29) is 65.2 Å². The van der Waals surface area contributed by atoms with Crippen LogP contribution in [0.4, 0.5) is 0 Å². The minimum Gasteiger partial charge on any atom is -0.508 e. The Kier molecular flexibility index (Phi) is 9.06. The Labute approximate surface area is 259 Å². The Morgan fingerprint density at radius 2 is 1.77 bits per heavy atom. The van der Waals surface area contributed by atoms with Crippen LogP contribution in [0.5, 0.6) is 5.75 Å². The number of methoxy groups -OCH3 is 1. The van der Waals surface area contributed by atoms with Gasteiger partial charge >= 0.3 is 11.9 Å². The van der Waals surface area contributed by atoms with Crippen molar-refractivity contribution in [3.63, 3.8) is 0 Å². The molecule has 238 valence electrons. The molecule has 0 radical (unpaired) electrons. The zero-order valence-corrected chi connectivity index (χ0v) is 26.2. The summed E-state index contributed by atoms with van der Waals surface area (Å²) in [7, 11) is 1.24. The number of aromatic hydroxyl groups is 1. The van der Waals surface area contributed by atoms with E-state index < -0.39 is 30.0 Å². The van der Waals surface area contributed by atoms with Gasteiger partial charge in [0.1, 0.15) is 23.7 Å². The molecular formula is C35H45NO8. The molecule has 8 atom stereocenters. The van der Waals surface area contributed by atoms with E-state index in [0.717, 1.165) is 43.2 Å². The number of fused-ring (bicyclic) bond motifs is 5. The Hall–Kier alpha value is -3.49. The van der Waals surface area contributed by atoms with Crippen molar-refractivity contribution in [1.82, 2.24) is 5.32 Å². The number of amides is 1. The fraction of sp³-hybridized carbons (Fsp3) is 0.629. The van der Waals surface area contributed by atoms with E-state index >= 15 is 0 Å². The first kappa shape index (κ1) is 31.9. The van der Waals surface area contributed by atoms with Gasteiger partial charge in [-0.05, 0) is 91.9 Å². The highest BCUT2D eigenvalue weighted by molar-refractivity contribution is 5.91. The normalized spacial score (nSPS) is 33.1. The van der Waals surface area contributed by atoms with E-state index in [2.05, 4.69) is 19.2 Å². The zero-order chi connectivity index (χ0) is 31.8. The molecule has 1 aromatic rings. The molecule has 0 heterocycles. The summed E-state index contributed by atoms with van der Waals surface area (Å²) in [5, 5.41) is 12.2. The number of rotatable bonds is 9. The van der Waals surface area contributed by atoms with Gasteiger partial charge in [-0.3, -0.25) is 19.2 Å². The van der Waals surface area contributed by atoms with Gasteiger partial charge in [0.2, 0.25) is 5.91 Å². The fourth-order valence-electron chi connectivity index (χ4n) is 9.34. The van der Waals surface area contributed by atoms with Crippen molar-refractivity contribution in [2.75, 3.05) is 7.11 Å². The van der Waals surface area contributed by atoms with Gasteiger partial charge in [-0.25, -0.2) is 4.79 Å². The molecule has 1 aromatic carbocycles. The van der Waals surface area contributed by atoms with Crippen molar-refractivity contribution in [3.05, 3.63) is 41.5 Å². The summed E-state index contributed by atoms with van der Waals surface area (Å²) in [6.45, 7) is 6.08. The minimum atomic E-state index is -0.948. The van der Waals surface area contributed by atoms with Crippen molar-refractivity contribution in [2.24, 2.45) is 34.5 Å². The molecule has 3 fully saturated rings. The van der Waals surface area contributed by atoms with Crippen LogP contribution in [0.3, 0.4) is 0 Å². The van der Waals surface area contributed by atoms with Crippen molar-refractivity contribution in [3.8, 4) is 5.75 Å². The number of Topliss-reactive ketones (excluding diaryl/α,β-unsaturated/α-hetero) is 1. The lowest BCUT2D eigenvalue weighted by Crippen LogP contribution is -2.58. The standard InChI is InChI=1S/C35H45NO8/c1-20(37)26-11-12-27-25-10-7-22-18-24(39)15-16-34(22,2)32(25)29(19-35(26,27)3)44-31(41)14-13-30(40)36-28(33(42)43-4)17-21-5-8-23(38)9-6-21/h5-6,8-9,18,25-29,32,38H,7,10-17,19H2,1-4H3,(H,36,40)/t25?,26-,27?,28+,29-,32?,34+,35-/m1/s1. The number of esters is 2. The molecule has 9 heteroatoms. The highest BCUT2D eigenvalue weighted by atomic mass is 16.5. The van der Waals surface area contributed by atoms with Crippen LogP contribution >= 0.6 is 0 Å². The quantitative estimate of drug-likeness (QED) is 0.388. The summed E-state index contributed by atoms with van der Waals surface area (Å²) < 4.78 is 11.1. The third-order valence-electron chi connectivity index (χ3n) is 11.4. The largest absolute Gasteiger partial charge is 0.508 e. The Morgan fingerprint density at radius 3 is 2.45 bits per heavy atom. The number of carbonyl (C=O) groups excluding carboxylic acids is 5. The molecule has 0 aliphatic heterocycles. The first-order valence-electron chi connectivity index (χ1n) is 15.9. The lowest BCUT2D eigenvalue weighted by Gasteiger charge is -2.60. The predicted molar refractivity (Wildman–Crippen MR) is 161 cm³/mol. The van der Waals surface area contributed by atoms with Gasteiger partial charge in [-0.1, -0.05) is 31.6 Å². The number of ether oxygens (including phenoxy) is 2. The van der Waals surface area contributed by atoms with E-state index in [4.69, 9.17) is 9.47 Å². The van der Waals surface area contributed by atoms with E-state index in [9.17, 15) is 29.1 Å². The summed E-state index contributed by atoms with van der Waals surface area (Å²) >= 11 is 0. The molecule has 0 spiro atoms. The Bertz CT molecular complexity index is 1350. The van der Waals surface area contributed by atoms with Crippen LogP contribution in [0.2, 0.25) is 0 Å². The molecule has 5 rings (SSSR count). The third-order valence-corrected chi connectivity index (χ3v) is 11.4. The van der Waals surface area contributed by atoms with Crippen LogP contribution in [-0.2, 0) is 39.9 Å². The van der Waals surface area contributed by atoms with E-state index in [1.54, 1.807) is 19.1 Å². The molecule has 4 aliphatic carbocycles. The molecule has 1 amide bonds. The smallest absolute Gasteiger partial charge is 0.328 e. The molecule has 3 saturated carbocycles. The summed E-state index contributed by atoms with van der Waals surface area (Å²) in [6.07, 6.45) is 6.66. The van der Waals surface area contributed by atoms with Gasteiger partial charge in [0, 0.05) is 31.1 Å². The fourth-order valence-corrected chi connectivity index (χ4v) is 9.34. The maximum Gasteiger partial charge on any atom is 0.328 e. The maximum absolute atomic E-state index is 13.4. The van der Waals surface area contributed by atoms with Crippen molar-refractivity contribution in [2.45, 2.75) is 97.1 Å². The van der Waals surface area contributed by atoms with Gasteiger partial charge in [0.25, 0.3) is 0 Å². The number of phenols is 1. The maximum atomic E-state index is 13.4.